The van der Waals surface area contributed by atoms with Crippen LogP contribution in [0.5, 0.6) is 0 Å². The minimum Gasteiger partial charge on any atom is -0.316 e. The van der Waals surface area contributed by atoms with Crippen LogP contribution in [0.15, 0.2) is 24.4 Å². The lowest BCUT2D eigenvalue weighted by atomic mass is 10.3. The van der Waals surface area contributed by atoms with Crippen molar-refractivity contribution in [3.8, 4) is 0 Å². The molecule has 14 heavy (non-hydrogen) atoms. The molecule has 1 N–H and O–H groups in total. The first kappa shape index (κ1) is 10.3. The van der Waals surface area contributed by atoms with Crippen LogP contribution in [-0.2, 0) is 0 Å². The summed E-state index contributed by atoms with van der Waals surface area (Å²) in [5.74, 6) is 0. The molecule has 0 bridgehead atoms. The van der Waals surface area contributed by atoms with E-state index in [1.54, 1.807) is 25.3 Å². The van der Waals surface area contributed by atoms with E-state index in [1.165, 1.54) is 12.3 Å². The first-order valence-corrected chi connectivity index (χ1v) is 4.16. The number of nitrogens with one attached hydrogen (secondary N) is 1. The minimum atomic E-state index is -0.438. The van der Waals surface area contributed by atoms with Gasteiger partial charge in [0.25, 0.3) is 5.69 Å². The quantitative estimate of drug-likeness (QED) is 0.576. The molecule has 0 fully saturated rings. The molecular weight excluding hydrogens is 182 g/mol. The van der Waals surface area contributed by atoms with Crippen molar-refractivity contribution in [3.05, 3.63) is 40.2 Å². The van der Waals surface area contributed by atoms with E-state index in [2.05, 4.69) is 10.3 Å². The molecular formula is C9H11N3O2. The topological polar surface area (TPSA) is 68.1 Å². The molecule has 1 aromatic heterocycles. The van der Waals surface area contributed by atoms with Gasteiger partial charge in [0.15, 0.2) is 0 Å². The molecule has 1 heterocycles. The maximum absolute atomic E-state index is 10.6. The molecule has 1 rings (SSSR count). The number of nitro groups is 1. The van der Waals surface area contributed by atoms with Crippen LogP contribution in [0.1, 0.15) is 5.69 Å². The van der Waals surface area contributed by atoms with Crippen molar-refractivity contribution < 1.29 is 4.92 Å². The van der Waals surface area contributed by atoms with Crippen LogP contribution < -0.4 is 5.32 Å². The molecule has 0 amide bonds. The second kappa shape index (κ2) is 5.08. The number of pyridine rings is 1. The van der Waals surface area contributed by atoms with Crippen LogP contribution in [0.25, 0.3) is 6.08 Å². The average molecular weight is 193 g/mol. The van der Waals surface area contributed by atoms with Crippen LogP contribution in [0.2, 0.25) is 0 Å². The molecule has 0 aromatic carbocycles. The zero-order valence-corrected chi connectivity index (χ0v) is 7.80. The van der Waals surface area contributed by atoms with E-state index in [1.807, 2.05) is 0 Å². The number of aromatic nitrogens is 1. The van der Waals surface area contributed by atoms with Crippen molar-refractivity contribution in [1.29, 1.82) is 0 Å². The SMILES string of the molecule is CNCC=Cc1ncccc1[N+](=O)[O-]. The molecule has 0 aliphatic heterocycles. The van der Waals surface area contributed by atoms with E-state index in [9.17, 15) is 10.1 Å². The molecule has 0 spiro atoms. The molecule has 0 aliphatic rings. The van der Waals surface area contributed by atoms with Gasteiger partial charge in [0.05, 0.1) is 4.92 Å². The summed E-state index contributed by atoms with van der Waals surface area (Å²) in [5.41, 5.74) is 0.410. The Morgan fingerprint density at radius 1 is 1.71 bits per heavy atom. The van der Waals surface area contributed by atoms with E-state index in [0.717, 1.165) is 0 Å². The zero-order chi connectivity index (χ0) is 10.4. The highest BCUT2D eigenvalue weighted by atomic mass is 16.6. The van der Waals surface area contributed by atoms with Crippen LogP contribution in [0, 0.1) is 10.1 Å². The summed E-state index contributed by atoms with van der Waals surface area (Å²) in [5, 5.41) is 13.5. The third kappa shape index (κ3) is 2.63. The highest BCUT2D eigenvalue weighted by Crippen LogP contribution is 2.15. The van der Waals surface area contributed by atoms with Crippen LogP contribution in [0.3, 0.4) is 0 Å². The van der Waals surface area contributed by atoms with Crippen molar-refractivity contribution in [2.75, 3.05) is 13.6 Å². The lowest BCUT2D eigenvalue weighted by molar-refractivity contribution is -0.385. The van der Waals surface area contributed by atoms with Gasteiger partial charge in [-0.1, -0.05) is 6.08 Å². The summed E-state index contributed by atoms with van der Waals surface area (Å²) in [6.07, 6.45) is 4.95. The van der Waals surface area contributed by atoms with Crippen molar-refractivity contribution in [2.24, 2.45) is 0 Å². The van der Waals surface area contributed by atoms with Crippen LogP contribution >= 0.6 is 0 Å². The lowest BCUT2D eigenvalue weighted by Gasteiger charge is -1.95. The van der Waals surface area contributed by atoms with Gasteiger partial charge >= 0.3 is 0 Å². The maximum Gasteiger partial charge on any atom is 0.294 e. The summed E-state index contributed by atoms with van der Waals surface area (Å²) in [7, 11) is 1.80. The molecule has 74 valence electrons. The molecule has 0 unspecified atom stereocenters. The first-order valence-electron chi connectivity index (χ1n) is 4.16. The number of likely N-dealkylation sites (N-methyl/N-ethyl adjacent to an activating group) is 1. The van der Waals surface area contributed by atoms with Crippen molar-refractivity contribution in [1.82, 2.24) is 10.3 Å². The molecule has 0 radical (unpaired) electrons. The normalized spacial score (nSPS) is 10.6. The standard InChI is InChI=1S/C9H11N3O2/c1-10-6-2-4-8-9(12(13)14)5-3-7-11-8/h2-5,7,10H,6H2,1H3. The Balaban J connectivity index is 2.90. The van der Waals surface area contributed by atoms with Gasteiger partial charge in [0.1, 0.15) is 5.69 Å². The molecule has 0 saturated carbocycles. The Morgan fingerprint density at radius 3 is 3.14 bits per heavy atom. The van der Waals surface area contributed by atoms with E-state index >= 15 is 0 Å². The molecule has 0 atom stereocenters. The van der Waals surface area contributed by atoms with Gasteiger partial charge in [-0.15, -0.1) is 0 Å². The summed E-state index contributed by atoms with van der Waals surface area (Å²) in [4.78, 5) is 14.0. The van der Waals surface area contributed by atoms with Gasteiger partial charge in [-0.2, -0.15) is 0 Å². The fraction of sp³-hybridized carbons (Fsp3) is 0.222. The number of hydrogen-bond acceptors (Lipinski definition) is 4. The third-order valence-corrected chi connectivity index (χ3v) is 1.61. The Kier molecular flexibility index (Phi) is 3.75. The minimum absolute atomic E-state index is 0.0276. The van der Waals surface area contributed by atoms with Crippen LogP contribution in [-0.4, -0.2) is 23.5 Å². The molecule has 5 heteroatoms. The Hall–Kier alpha value is -1.75. The van der Waals surface area contributed by atoms with E-state index in [0.29, 0.717) is 12.2 Å². The third-order valence-electron chi connectivity index (χ3n) is 1.61. The first-order chi connectivity index (χ1) is 6.75. The van der Waals surface area contributed by atoms with Crippen molar-refractivity contribution in [3.63, 3.8) is 0 Å². The fourth-order valence-corrected chi connectivity index (χ4v) is 0.980. The molecule has 1 aromatic rings. The summed E-state index contributed by atoms with van der Waals surface area (Å²) in [6.45, 7) is 0.660. The van der Waals surface area contributed by atoms with E-state index in [4.69, 9.17) is 0 Å². The summed E-state index contributed by atoms with van der Waals surface area (Å²) >= 11 is 0. The smallest absolute Gasteiger partial charge is 0.294 e. The van der Waals surface area contributed by atoms with Crippen LogP contribution in [0.4, 0.5) is 5.69 Å². The monoisotopic (exact) mass is 193 g/mol. The maximum atomic E-state index is 10.6. The fourth-order valence-electron chi connectivity index (χ4n) is 0.980. The van der Waals surface area contributed by atoms with Gasteiger partial charge in [-0.25, -0.2) is 4.98 Å². The largest absolute Gasteiger partial charge is 0.316 e. The second-order valence-corrected chi connectivity index (χ2v) is 2.62. The van der Waals surface area contributed by atoms with E-state index < -0.39 is 4.92 Å². The van der Waals surface area contributed by atoms with Gasteiger partial charge in [-0.3, -0.25) is 10.1 Å². The second-order valence-electron chi connectivity index (χ2n) is 2.62. The summed E-state index contributed by atoms with van der Waals surface area (Å²) in [6, 6.07) is 2.99. The van der Waals surface area contributed by atoms with Gasteiger partial charge < -0.3 is 5.32 Å². The lowest BCUT2D eigenvalue weighted by Crippen LogP contribution is -2.04. The van der Waals surface area contributed by atoms with Gasteiger partial charge in [0, 0.05) is 18.8 Å². The molecule has 0 saturated heterocycles. The van der Waals surface area contributed by atoms with Gasteiger partial charge in [0.2, 0.25) is 0 Å². The van der Waals surface area contributed by atoms with Crippen molar-refractivity contribution in [2.45, 2.75) is 0 Å². The highest BCUT2D eigenvalue weighted by Gasteiger charge is 2.10. The zero-order valence-electron chi connectivity index (χ0n) is 7.80. The number of nitrogens with zero attached hydrogens (tertiary/aromatic N) is 2. The Morgan fingerprint density at radius 2 is 2.50 bits per heavy atom. The summed E-state index contributed by atoms with van der Waals surface area (Å²) < 4.78 is 0. The van der Waals surface area contributed by atoms with Crippen molar-refractivity contribution >= 4 is 11.8 Å². The number of hydrogen-bond donors (Lipinski definition) is 1. The Bertz CT molecular complexity index is 350. The number of rotatable bonds is 4. The predicted molar refractivity (Wildman–Crippen MR) is 53.9 cm³/mol. The Labute approximate surface area is 81.6 Å². The predicted octanol–water partition coefficient (Wildman–Crippen LogP) is 1.22. The van der Waals surface area contributed by atoms with Gasteiger partial charge in [-0.05, 0) is 19.2 Å². The average Bonchev–Trinajstić information content (AvgIpc) is 2.19. The van der Waals surface area contributed by atoms with E-state index in [-0.39, 0.29) is 5.69 Å². The highest BCUT2D eigenvalue weighted by molar-refractivity contribution is 5.56. The molecule has 5 nitrogen and oxygen atoms in total. The molecule has 0 aliphatic carbocycles.